The molecule has 0 spiro atoms. The van der Waals surface area contributed by atoms with E-state index in [0.29, 0.717) is 19.4 Å². The number of carbonyl (C=O) groups excluding carboxylic acids is 2. The number of hydrogen-bond acceptors (Lipinski definition) is 5. The van der Waals surface area contributed by atoms with Gasteiger partial charge < -0.3 is 20.3 Å². The Labute approximate surface area is 385 Å². The molecule has 0 aromatic rings. The van der Waals surface area contributed by atoms with E-state index in [1.165, 1.54) is 186 Å². The van der Waals surface area contributed by atoms with E-state index < -0.39 is 12.1 Å². The van der Waals surface area contributed by atoms with Crippen LogP contribution in [-0.2, 0) is 14.3 Å². The van der Waals surface area contributed by atoms with Crippen molar-refractivity contribution in [2.75, 3.05) is 13.2 Å². The summed E-state index contributed by atoms with van der Waals surface area (Å²) in [6.45, 7) is 4.86. The molecule has 0 fully saturated rings. The molecular formula is C56H105NO5. The van der Waals surface area contributed by atoms with Crippen molar-refractivity contribution < 1.29 is 24.5 Å². The molecule has 0 saturated heterocycles. The maximum atomic E-state index is 12.4. The van der Waals surface area contributed by atoms with E-state index >= 15 is 0 Å². The van der Waals surface area contributed by atoms with Gasteiger partial charge in [-0.05, 0) is 83.5 Å². The molecule has 1 amide bonds. The quantitative estimate of drug-likeness (QED) is 0.0321. The molecule has 0 rings (SSSR count). The molecule has 0 aliphatic carbocycles. The van der Waals surface area contributed by atoms with E-state index in [1.54, 1.807) is 6.08 Å². The topological polar surface area (TPSA) is 95.9 Å². The van der Waals surface area contributed by atoms with Crippen molar-refractivity contribution in [1.82, 2.24) is 5.32 Å². The minimum absolute atomic E-state index is 0.0195. The zero-order valence-electron chi connectivity index (χ0n) is 41.4. The Morgan fingerprint density at radius 3 is 1.15 bits per heavy atom. The van der Waals surface area contributed by atoms with Gasteiger partial charge in [-0.3, -0.25) is 9.59 Å². The van der Waals surface area contributed by atoms with Crippen LogP contribution in [-0.4, -0.2) is 47.4 Å². The molecule has 0 heterocycles. The Morgan fingerprint density at radius 2 is 0.758 bits per heavy atom. The second-order valence-corrected chi connectivity index (χ2v) is 18.5. The van der Waals surface area contributed by atoms with Gasteiger partial charge in [0.25, 0.3) is 0 Å². The summed E-state index contributed by atoms with van der Waals surface area (Å²) in [4.78, 5) is 24.5. The van der Waals surface area contributed by atoms with Crippen molar-refractivity contribution >= 4 is 11.9 Å². The van der Waals surface area contributed by atoms with Crippen LogP contribution in [0.4, 0.5) is 0 Å². The van der Waals surface area contributed by atoms with Crippen LogP contribution in [0.5, 0.6) is 0 Å². The predicted molar refractivity (Wildman–Crippen MR) is 269 cm³/mol. The maximum Gasteiger partial charge on any atom is 0.305 e. The Bertz CT molecular complexity index is 1010. The van der Waals surface area contributed by atoms with Crippen LogP contribution in [0, 0.1) is 0 Å². The number of aliphatic hydroxyl groups is 2. The van der Waals surface area contributed by atoms with Crippen LogP contribution >= 0.6 is 0 Å². The van der Waals surface area contributed by atoms with Crippen molar-refractivity contribution in [3.63, 3.8) is 0 Å². The van der Waals surface area contributed by atoms with Gasteiger partial charge in [0.2, 0.25) is 5.91 Å². The van der Waals surface area contributed by atoms with Crippen LogP contribution in [0.1, 0.15) is 284 Å². The van der Waals surface area contributed by atoms with Crippen molar-refractivity contribution in [3.05, 3.63) is 36.5 Å². The van der Waals surface area contributed by atoms with Gasteiger partial charge in [0, 0.05) is 12.8 Å². The number of carbonyl (C=O) groups is 2. The fraction of sp³-hybridized carbons (Fsp3) is 0.857. The van der Waals surface area contributed by atoms with Gasteiger partial charge in [-0.1, -0.05) is 224 Å². The Morgan fingerprint density at radius 1 is 0.435 bits per heavy atom. The molecule has 2 atom stereocenters. The predicted octanol–water partition coefficient (Wildman–Crippen LogP) is 16.5. The van der Waals surface area contributed by atoms with Crippen molar-refractivity contribution in [3.8, 4) is 0 Å². The first kappa shape index (κ1) is 60.1. The monoisotopic (exact) mass is 872 g/mol. The number of nitrogens with one attached hydrogen (secondary N) is 1. The van der Waals surface area contributed by atoms with Gasteiger partial charge in [0.1, 0.15) is 0 Å². The first-order valence-corrected chi connectivity index (χ1v) is 27.3. The van der Waals surface area contributed by atoms with E-state index in [-0.39, 0.29) is 18.5 Å². The number of aliphatic hydroxyl groups excluding tert-OH is 2. The average Bonchev–Trinajstić information content (AvgIpc) is 3.27. The molecule has 0 aromatic carbocycles. The fourth-order valence-electron chi connectivity index (χ4n) is 8.15. The van der Waals surface area contributed by atoms with Gasteiger partial charge >= 0.3 is 5.97 Å². The number of unbranched alkanes of at least 4 members (excludes halogenated alkanes) is 35. The SMILES string of the molecule is CCCCCCCC/C=C\CCCCCCCC(=O)OCCCCCC/C=C\CCCCCCCCCC(=O)NC(CO)C(O)/C=C/CCCCCCCCCCCCCCC. The smallest absolute Gasteiger partial charge is 0.305 e. The summed E-state index contributed by atoms with van der Waals surface area (Å²) in [6.07, 6.45) is 62.9. The van der Waals surface area contributed by atoms with Crippen molar-refractivity contribution in [2.24, 2.45) is 0 Å². The average molecular weight is 872 g/mol. The second kappa shape index (κ2) is 51.7. The number of hydrogen-bond donors (Lipinski definition) is 3. The molecule has 0 saturated carbocycles. The zero-order valence-corrected chi connectivity index (χ0v) is 41.4. The molecule has 2 unspecified atom stereocenters. The molecular weight excluding hydrogens is 767 g/mol. The van der Waals surface area contributed by atoms with Crippen LogP contribution in [0.2, 0.25) is 0 Å². The summed E-state index contributed by atoms with van der Waals surface area (Å²) >= 11 is 0. The lowest BCUT2D eigenvalue weighted by Gasteiger charge is -2.20. The Hall–Kier alpha value is -1.92. The third-order valence-corrected chi connectivity index (χ3v) is 12.4. The van der Waals surface area contributed by atoms with Gasteiger partial charge in [0.15, 0.2) is 0 Å². The van der Waals surface area contributed by atoms with Gasteiger partial charge in [-0.2, -0.15) is 0 Å². The van der Waals surface area contributed by atoms with E-state index in [9.17, 15) is 19.8 Å². The van der Waals surface area contributed by atoms with Gasteiger partial charge in [0.05, 0.1) is 25.4 Å². The first-order chi connectivity index (χ1) is 30.5. The molecule has 0 aliphatic rings. The molecule has 6 heteroatoms. The molecule has 62 heavy (non-hydrogen) atoms. The first-order valence-electron chi connectivity index (χ1n) is 27.3. The lowest BCUT2D eigenvalue weighted by atomic mass is 10.0. The lowest BCUT2D eigenvalue weighted by molar-refractivity contribution is -0.143. The van der Waals surface area contributed by atoms with E-state index in [2.05, 4.69) is 43.5 Å². The standard InChI is InChI=1S/C56H105NO5/c1-3-5-7-9-11-13-15-17-20-24-28-32-36-40-44-48-54(59)53(52-58)57-55(60)49-45-41-37-33-29-25-22-19-23-27-31-35-39-43-47-51-62-56(61)50-46-42-38-34-30-26-21-18-16-14-12-10-8-6-4-2/h18,21,23,27,44,48,53-54,58-59H,3-17,19-20,22,24-26,28-43,45-47,49-52H2,1-2H3,(H,57,60)/b21-18-,27-23-,48-44+. The largest absolute Gasteiger partial charge is 0.466 e. The summed E-state index contributed by atoms with van der Waals surface area (Å²) < 4.78 is 5.45. The summed E-state index contributed by atoms with van der Waals surface area (Å²) in [5, 5.41) is 23.1. The summed E-state index contributed by atoms with van der Waals surface area (Å²) in [5.74, 6) is -0.103. The Balaban J connectivity index is 3.51. The molecule has 0 bridgehead atoms. The normalized spacial score (nSPS) is 12.9. The van der Waals surface area contributed by atoms with E-state index in [0.717, 1.165) is 70.6 Å². The van der Waals surface area contributed by atoms with Gasteiger partial charge in [-0.15, -0.1) is 0 Å². The van der Waals surface area contributed by atoms with Crippen LogP contribution in [0.15, 0.2) is 36.5 Å². The molecule has 0 aromatic heterocycles. The number of amides is 1. The third-order valence-electron chi connectivity index (χ3n) is 12.4. The number of ether oxygens (including phenoxy) is 1. The molecule has 0 radical (unpaired) electrons. The summed E-state index contributed by atoms with van der Waals surface area (Å²) in [7, 11) is 0. The summed E-state index contributed by atoms with van der Waals surface area (Å²) in [6, 6.07) is -0.639. The fourth-order valence-corrected chi connectivity index (χ4v) is 8.15. The van der Waals surface area contributed by atoms with Crippen LogP contribution in [0.3, 0.4) is 0 Å². The van der Waals surface area contributed by atoms with E-state index in [4.69, 9.17) is 4.74 Å². The highest BCUT2D eigenvalue weighted by atomic mass is 16.5. The molecule has 6 nitrogen and oxygen atoms in total. The van der Waals surface area contributed by atoms with Crippen LogP contribution < -0.4 is 5.32 Å². The Kier molecular flexibility index (Phi) is 50.1. The molecule has 364 valence electrons. The molecule has 0 aliphatic heterocycles. The third kappa shape index (κ3) is 47.6. The lowest BCUT2D eigenvalue weighted by Crippen LogP contribution is -2.45. The van der Waals surface area contributed by atoms with Crippen LogP contribution in [0.25, 0.3) is 0 Å². The van der Waals surface area contributed by atoms with E-state index in [1.807, 2.05) is 6.08 Å². The highest BCUT2D eigenvalue weighted by Crippen LogP contribution is 2.15. The zero-order chi connectivity index (χ0) is 45.1. The second-order valence-electron chi connectivity index (χ2n) is 18.5. The minimum atomic E-state index is -0.854. The highest BCUT2D eigenvalue weighted by Gasteiger charge is 2.18. The van der Waals surface area contributed by atoms with Gasteiger partial charge in [-0.25, -0.2) is 0 Å². The van der Waals surface area contributed by atoms with Crippen molar-refractivity contribution in [2.45, 2.75) is 296 Å². The number of rotatable bonds is 50. The van der Waals surface area contributed by atoms with Crippen molar-refractivity contribution in [1.29, 1.82) is 0 Å². The minimum Gasteiger partial charge on any atom is -0.466 e. The maximum absolute atomic E-state index is 12.4. The number of allylic oxidation sites excluding steroid dienone is 5. The highest BCUT2D eigenvalue weighted by molar-refractivity contribution is 5.76. The number of esters is 1. The molecule has 3 N–H and O–H groups in total. The summed E-state index contributed by atoms with van der Waals surface area (Å²) in [5.41, 5.74) is 0.